The third-order valence-corrected chi connectivity index (χ3v) is 6.08. The van der Waals surface area contributed by atoms with Crippen LogP contribution in [0.15, 0.2) is 64.1 Å². The summed E-state index contributed by atoms with van der Waals surface area (Å²) in [6.45, 7) is 1.28. The first-order chi connectivity index (χ1) is 12.6. The van der Waals surface area contributed by atoms with E-state index in [2.05, 4.69) is 9.98 Å². The molecule has 2 aliphatic heterocycles. The van der Waals surface area contributed by atoms with Gasteiger partial charge in [-0.25, -0.2) is 13.4 Å². The van der Waals surface area contributed by atoms with Crippen LogP contribution in [-0.2, 0) is 9.84 Å². The number of benzene rings is 1. The molecular formula is C18H18F3N3O2S. The van der Waals surface area contributed by atoms with Crippen LogP contribution in [0, 0.1) is 0 Å². The Morgan fingerprint density at radius 1 is 1.19 bits per heavy atom. The number of allylic oxidation sites excluding steroid dienone is 1. The number of aliphatic imine (C=N–C) groups is 2. The van der Waals surface area contributed by atoms with Gasteiger partial charge >= 0.3 is 6.18 Å². The average Bonchev–Trinajstić information content (AvgIpc) is 2.89. The fraction of sp³-hybridized carbons (Fsp3) is 0.333. The van der Waals surface area contributed by atoms with Crippen LogP contribution in [0.2, 0.25) is 0 Å². The van der Waals surface area contributed by atoms with Crippen molar-refractivity contribution in [3.8, 4) is 0 Å². The molecule has 2 aliphatic rings. The number of sulfone groups is 1. The van der Waals surface area contributed by atoms with E-state index in [1.54, 1.807) is 55.5 Å². The zero-order valence-electron chi connectivity index (χ0n) is 14.7. The topological polar surface area (TPSA) is 62.1 Å². The van der Waals surface area contributed by atoms with Crippen molar-refractivity contribution in [2.75, 3.05) is 24.2 Å². The van der Waals surface area contributed by atoms with Crippen molar-refractivity contribution in [1.29, 1.82) is 0 Å². The van der Waals surface area contributed by atoms with E-state index in [0.29, 0.717) is 29.8 Å². The monoisotopic (exact) mass is 397 g/mol. The lowest BCUT2D eigenvalue weighted by atomic mass is 10.1. The SMILES string of the molecule is CC1=NCC=CC(C2=NC(C(F)(F)F)(S(C)(=O)=O)CN2c2ccccc2)=C1. The highest BCUT2D eigenvalue weighted by atomic mass is 32.2. The van der Waals surface area contributed by atoms with Crippen LogP contribution >= 0.6 is 0 Å². The zero-order chi connectivity index (χ0) is 19.9. The third-order valence-electron chi connectivity index (χ3n) is 4.40. The minimum absolute atomic E-state index is 0.0448. The maximum atomic E-state index is 13.9. The van der Waals surface area contributed by atoms with Gasteiger partial charge in [0.15, 0.2) is 9.84 Å². The number of hydrogen-bond donors (Lipinski definition) is 0. The van der Waals surface area contributed by atoms with Gasteiger partial charge in [-0.15, -0.1) is 0 Å². The molecule has 3 rings (SSSR count). The number of amidine groups is 1. The summed E-state index contributed by atoms with van der Waals surface area (Å²) in [6.07, 6.45) is 0.423. The number of hydrogen-bond acceptors (Lipinski definition) is 5. The van der Waals surface area contributed by atoms with Gasteiger partial charge in [-0.05, 0) is 25.1 Å². The van der Waals surface area contributed by atoms with Gasteiger partial charge < -0.3 is 4.90 Å². The largest absolute Gasteiger partial charge is 0.429 e. The summed E-state index contributed by atoms with van der Waals surface area (Å²) < 4.78 is 66.2. The Labute approximate surface area is 155 Å². The van der Waals surface area contributed by atoms with E-state index in [1.807, 2.05) is 0 Å². The quantitative estimate of drug-likeness (QED) is 0.787. The molecule has 1 unspecified atom stereocenters. The fourth-order valence-corrected chi connectivity index (χ4v) is 4.03. The Morgan fingerprint density at radius 3 is 2.44 bits per heavy atom. The van der Waals surface area contributed by atoms with Crippen LogP contribution < -0.4 is 4.90 Å². The van der Waals surface area contributed by atoms with Crippen molar-refractivity contribution in [2.45, 2.75) is 18.0 Å². The molecule has 0 amide bonds. The smallest absolute Gasteiger partial charge is 0.322 e. The maximum Gasteiger partial charge on any atom is 0.429 e. The lowest BCUT2D eigenvalue weighted by Crippen LogP contribution is -2.53. The van der Waals surface area contributed by atoms with Crippen LogP contribution in [0.5, 0.6) is 0 Å². The van der Waals surface area contributed by atoms with Gasteiger partial charge in [0, 0.05) is 23.2 Å². The molecule has 27 heavy (non-hydrogen) atoms. The number of halogens is 3. The first kappa shape index (κ1) is 19.3. The molecule has 0 N–H and O–H groups in total. The van der Waals surface area contributed by atoms with Gasteiger partial charge in [0.05, 0.1) is 13.1 Å². The van der Waals surface area contributed by atoms with E-state index in [9.17, 15) is 21.6 Å². The summed E-state index contributed by atoms with van der Waals surface area (Å²) in [4.78, 5) is 6.06. The molecule has 0 fully saturated rings. The summed E-state index contributed by atoms with van der Waals surface area (Å²) in [5.74, 6) is -0.0448. The van der Waals surface area contributed by atoms with Gasteiger partial charge in [0.25, 0.3) is 4.87 Å². The predicted octanol–water partition coefficient (Wildman–Crippen LogP) is 3.17. The number of alkyl halides is 3. The molecule has 0 radical (unpaired) electrons. The number of anilines is 1. The van der Waals surface area contributed by atoms with Crippen molar-refractivity contribution in [2.24, 2.45) is 9.98 Å². The van der Waals surface area contributed by atoms with Crippen molar-refractivity contribution >= 4 is 27.1 Å². The minimum atomic E-state index is -5.06. The highest BCUT2D eigenvalue weighted by molar-refractivity contribution is 7.92. The third kappa shape index (κ3) is 3.43. The van der Waals surface area contributed by atoms with E-state index < -0.39 is 27.4 Å². The number of nitrogens with zero attached hydrogens (tertiary/aromatic N) is 3. The molecule has 0 saturated heterocycles. The minimum Gasteiger partial charge on any atom is -0.322 e. The van der Waals surface area contributed by atoms with Gasteiger partial charge in [-0.2, -0.15) is 13.2 Å². The number of rotatable bonds is 3. The van der Waals surface area contributed by atoms with Crippen LogP contribution in [0.4, 0.5) is 18.9 Å². The van der Waals surface area contributed by atoms with E-state index in [0.717, 1.165) is 0 Å². The van der Waals surface area contributed by atoms with Crippen molar-refractivity contribution in [3.05, 3.63) is 54.1 Å². The van der Waals surface area contributed by atoms with Crippen LogP contribution in [0.25, 0.3) is 0 Å². The van der Waals surface area contributed by atoms with Gasteiger partial charge in [-0.1, -0.05) is 30.4 Å². The molecule has 0 bridgehead atoms. The highest BCUT2D eigenvalue weighted by Crippen LogP contribution is 2.44. The lowest BCUT2D eigenvalue weighted by Gasteiger charge is -2.28. The summed E-state index contributed by atoms with van der Waals surface area (Å²) in [5.41, 5.74) is 1.43. The first-order valence-electron chi connectivity index (χ1n) is 8.13. The van der Waals surface area contributed by atoms with Crippen LogP contribution in [0.3, 0.4) is 0 Å². The second-order valence-corrected chi connectivity index (χ2v) is 8.62. The van der Waals surface area contributed by atoms with E-state index in [-0.39, 0.29) is 5.84 Å². The summed E-state index contributed by atoms with van der Waals surface area (Å²) in [5, 5.41) is 0. The summed E-state index contributed by atoms with van der Waals surface area (Å²) >= 11 is 0. The average molecular weight is 397 g/mol. The fourth-order valence-electron chi connectivity index (χ4n) is 3.00. The summed E-state index contributed by atoms with van der Waals surface area (Å²) in [7, 11) is -4.59. The van der Waals surface area contributed by atoms with E-state index in [1.165, 1.54) is 4.90 Å². The van der Waals surface area contributed by atoms with E-state index in [4.69, 9.17) is 0 Å². The van der Waals surface area contributed by atoms with Crippen molar-refractivity contribution < 1.29 is 21.6 Å². The Hall–Kier alpha value is -2.42. The molecule has 1 atom stereocenters. The first-order valence-corrected chi connectivity index (χ1v) is 10.0. The molecule has 0 saturated carbocycles. The normalized spacial score (nSPS) is 23.6. The molecule has 1 aromatic carbocycles. The van der Waals surface area contributed by atoms with E-state index >= 15 is 0 Å². The molecule has 144 valence electrons. The second-order valence-electron chi connectivity index (χ2n) is 6.40. The summed E-state index contributed by atoms with van der Waals surface area (Å²) in [6, 6.07) is 8.31. The van der Waals surface area contributed by atoms with Crippen LogP contribution in [0.1, 0.15) is 6.92 Å². The Bertz CT molecular complexity index is 963. The van der Waals surface area contributed by atoms with Crippen LogP contribution in [-0.4, -0.2) is 50.4 Å². The van der Waals surface area contributed by atoms with Gasteiger partial charge in [0.2, 0.25) is 0 Å². The molecule has 9 heteroatoms. The molecule has 0 aromatic heterocycles. The second kappa shape index (κ2) is 6.63. The maximum absolute atomic E-state index is 13.9. The zero-order valence-corrected chi connectivity index (χ0v) is 15.5. The number of para-hydroxylation sites is 1. The Kier molecular flexibility index (Phi) is 4.75. The standard InChI is InChI=1S/C18H18F3N3O2S/c1-13-11-14(7-6-10-22-13)16-23-17(18(19,20)21,27(2,25)26)12-24(16)15-8-4-3-5-9-15/h3-9,11H,10,12H2,1-2H3. The lowest BCUT2D eigenvalue weighted by molar-refractivity contribution is -0.155. The van der Waals surface area contributed by atoms with Crippen molar-refractivity contribution in [1.82, 2.24) is 0 Å². The van der Waals surface area contributed by atoms with Gasteiger partial charge in [-0.3, -0.25) is 4.99 Å². The molecule has 2 heterocycles. The highest BCUT2D eigenvalue weighted by Gasteiger charge is 2.66. The molecule has 5 nitrogen and oxygen atoms in total. The Morgan fingerprint density at radius 2 is 1.85 bits per heavy atom. The van der Waals surface area contributed by atoms with Crippen molar-refractivity contribution in [3.63, 3.8) is 0 Å². The molecule has 1 aromatic rings. The molecular weight excluding hydrogens is 379 g/mol. The Balaban J connectivity index is 2.25. The predicted molar refractivity (Wildman–Crippen MR) is 100 cm³/mol. The van der Waals surface area contributed by atoms with Gasteiger partial charge in [0.1, 0.15) is 5.84 Å². The molecule has 0 aliphatic carbocycles. The molecule has 0 spiro atoms.